The molecule has 130 valence electrons. The van der Waals surface area contributed by atoms with Crippen LogP contribution in [0.15, 0.2) is 71.6 Å². The topological polar surface area (TPSA) is 32.3 Å². The van der Waals surface area contributed by atoms with Crippen LogP contribution in [0.1, 0.15) is 17.5 Å². The Morgan fingerprint density at radius 1 is 0.920 bits per heavy atom. The van der Waals surface area contributed by atoms with Crippen LogP contribution in [-0.4, -0.2) is 24.0 Å². The molecule has 0 aliphatic heterocycles. The van der Waals surface area contributed by atoms with E-state index in [1.807, 2.05) is 7.05 Å². The summed E-state index contributed by atoms with van der Waals surface area (Å²) in [6.07, 6.45) is 1.41. The van der Waals surface area contributed by atoms with Gasteiger partial charge in [-0.05, 0) is 53.9 Å². The van der Waals surface area contributed by atoms with Crippen LogP contribution < -0.4 is 5.32 Å². The van der Waals surface area contributed by atoms with E-state index in [0.29, 0.717) is 0 Å². The molecule has 0 saturated carbocycles. The van der Waals surface area contributed by atoms with Crippen LogP contribution in [0.5, 0.6) is 0 Å². The zero-order valence-corrected chi connectivity index (χ0v) is 15.4. The van der Waals surface area contributed by atoms with Gasteiger partial charge in [-0.2, -0.15) is 0 Å². The molecule has 0 heterocycles. The van der Waals surface area contributed by atoms with Crippen molar-refractivity contribution in [1.82, 2.24) is 5.32 Å². The lowest BCUT2D eigenvalue weighted by molar-refractivity contribution is 0.189. The van der Waals surface area contributed by atoms with E-state index < -0.39 is 0 Å². The lowest BCUT2D eigenvalue weighted by Gasteiger charge is -2.13. The van der Waals surface area contributed by atoms with Crippen molar-refractivity contribution in [1.29, 1.82) is 0 Å². The number of hydrogen-bond donors (Lipinski definition) is 2. The molecule has 3 aromatic rings. The molecule has 0 aliphatic carbocycles. The normalized spacial score (nSPS) is 12.4. The Morgan fingerprint density at radius 2 is 1.64 bits per heavy atom. The summed E-state index contributed by atoms with van der Waals surface area (Å²) in [5, 5.41) is 16.1. The minimum Gasteiger partial charge on any atom is -0.392 e. The van der Waals surface area contributed by atoms with Gasteiger partial charge in [-0.15, -0.1) is 11.8 Å². The molecule has 0 aromatic heterocycles. The van der Waals surface area contributed by atoms with E-state index in [4.69, 9.17) is 0 Å². The Bertz CT molecular complexity index is 818. The maximum Gasteiger partial charge on any atom is 0.0637 e. The first kappa shape index (κ1) is 18.0. The molecule has 2 N–H and O–H groups in total. The van der Waals surface area contributed by atoms with Gasteiger partial charge in [0.05, 0.1) is 6.10 Å². The summed E-state index contributed by atoms with van der Waals surface area (Å²) < 4.78 is 0. The van der Waals surface area contributed by atoms with E-state index in [2.05, 4.69) is 72.0 Å². The molecule has 0 bridgehead atoms. The lowest BCUT2D eigenvalue weighted by atomic mass is 10.0. The van der Waals surface area contributed by atoms with Gasteiger partial charge in [-0.1, -0.05) is 54.6 Å². The second kappa shape index (κ2) is 9.04. The fourth-order valence-electron chi connectivity index (χ4n) is 3.02. The monoisotopic (exact) mass is 351 g/mol. The standard InChI is InChI=1S/C22H25NOS/c1-23-15-20-9-5-3-7-18(20)10-12-21(24)16-25-22-13-11-17-6-2-4-8-19(17)14-22/h2-9,11,13-14,21,23-24H,10,12,15-16H2,1H3. The highest BCUT2D eigenvalue weighted by Gasteiger charge is 2.08. The summed E-state index contributed by atoms with van der Waals surface area (Å²) in [6, 6.07) is 23.3. The molecule has 0 fully saturated rings. The lowest BCUT2D eigenvalue weighted by Crippen LogP contribution is -2.13. The zero-order valence-electron chi connectivity index (χ0n) is 14.6. The van der Waals surface area contributed by atoms with Gasteiger partial charge >= 0.3 is 0 Å². The van der Waals surface area contributed by atoms with Gasteiger partial charge in [0.1, 0.15) is 0 Å². The minimum atomic E-state index is -0.292. The summed E-state index contributed by atoms with van der Waals surface area (Å²) in [5.74, 6) is 0.729. The van der Waals surface area contributed by atoms with Crippen LogP contribution in [0.2, 0.25) is 0 Å². The summed E-state index contributed by atoms with van der Waals surface area (Å²) >= 11 is 1.73. The Morgan fingerprint density at radius 3 is 2.44 bits per heavy atom. The molecule has 3 aromatic carbocycles. The number of rotatable bonds is 8. The van der Waals surface area contributed by atoms with Crippen LogP contribution in [0, 0.1) is 0 Å². The summed E-state index contributed by atoms with van der Waals surface area (Å²) in [4.78, 5) is 1.22. The van der Waals surface area contributed by atoms with Crippen molar-refractivity contribution in [3.63, 3.8) is 0 Å². The highest BCUT2D eigenvalue weighted by molar-refractivity contribution is 7.99. The summed E-state index contributed by atoms with van der Waals surface area (Å²) in [5.41, 5.74) is 2.64. The average Bonchev–Trinajstić information content (AvgIpc) is 2.66. The smallest absolute Gasteiger partial charge is 0.0637 e. The van der Waals surface area contributed by atoms with Crippen molar-refractivity contribution in [2.24, 2.45) is 0 Å². The van der Waals surface area contributed by atoms with Crippen molar-refractivity contribution in [2.45, 2.75) is 30.4 Å². The third-order valence-corrected chi connectivity index (χ3v) is 5.53. The van der Waals surface area contributed by atoms with Crippen LogP contribution >= 0.6 is 11.8 Å². The number of aliphatic hydroxyl groups excluding tert-OH is 1. The molecule has 0 spiro atoms. The molecule has 2 nitrogen and oxygen atoms in total. The first-order valence-corrected chi connectivity index (χ1v) is 9.76. The average molecular weight is 352 g/mol. The molecule has 0 amide bonds. The summed E-state index contributed by atoms with van der Waals surface area (Å²) in [7, 11) is 1.96. The van der Waals surface area contributed by atoms with E-state index in [1.54, 1.807) is 11.8 Å². The van der Waals surface area contributed by atoms with Gasteiger partial charge in [-0.3, -0.25) is 0 Å². The van der Waals surface area contributed by atoms with E-state index in [1.165, 1.54) is 26.8 Å². The van der Waals surface area contributed by atoms with Crippen molar-refractivity contribution >= 4 is 22.5 Å². The van der Waals surface area contributed by atoms with Crippen LogP contribution in [0.4, 0.5) is 0 Å². The third kappa shape index (κ3) is 5.08. The number of thioether (sulfide) groups is 1. The molecular formula is C22H25NOS. The third-order valence-electron chi connectivity index (χ3n) is 4.40. The molecule has 0 radical (unpaired) electrons. The number of nitrogens with one attached hydrogen (secondary N) is 1. The Labute approximate surface area is 154 Å². The quantitative estimate of drug-likeness (QED) is 0.580. The van der Waals surface area contributed by atoms with Gasteiger partial charge < -0.3 is 10.4 Å². The fraction of sp³-hybridized carbons (Fsp3) is 0.273. The van der Waals surface area contributed by atoms with E-state index in [0.717, 1.165) is 25.1 Å². The van der Waals surface area contributed by atoms with Crippen LogP contribution in [0.3, 0.4) is 0 Å². The predicted molar refractivity (Wildman–Crippen MR) is 108 cm³/mol. The molecule has 1 atom stereocenters. The fourth-order valence-corrected chi connectivity index (χ4v) is 3.95. The van der Waals surface area contributed by atoms with Crippen LogP contribution in [0.25, 0.3) is 10.8 Å². The molecule has 1 unspecified atom stereocenters. The molecule has 0 aliphatic rings. The largest absolute Gasteiger partial charge is 0.392 e. The Balaban J connectivity index is 1.53. The predicted octanol–water partition coefficient (Wildman–Crippen LogP) is 4.65. The number of aliphatic hydroxyl groups is 1. The molecule has 3 rings (SSSR count). The molecular weight excluding hydrogens is 326 g/mol. The van der Waals surface area contributed by atoms with Gasteiger partial charge in [0.15, 0.2) is 0 Å². The SMILES string of the molecule is CNCc1ccccc1CCC(O)CSc1ccc2ccccc2c1. The first-order valence-electron chi connectivity index (χ1n) is 8.77. The Kier molecular flexibility index (Phi) is 6.51. The maximum atomic E-state index is 10.4. The number of benzene rings is 3. The van der Waals surface area contributed by atoms with Crippen molar-refractivity contribution in [2.75, 3.05) is 12.8 Å². The summed E-state index contributed by atoms with van der Waals surface area (Å²) in [6.45, 7) is 0.873. The highest BCUT2D eigenvalue weighted by atomic mass is 32.2. The van der Waals surface area contributed by atoms with Crippen molar-refractivity contribution in [3.8, 4) is 0 Å². The first-order chi connectivity index (χ1) is 12.3. The Hall–Kier alpha value is -1.81. The number of aryl methyl sites for hydroxylation is 1. The molecule has 0 saturated heterocycles. The van der Waals surface area contributed by atoms with Crippen LogP contribution in [-0.2, 0) is 13.0 Å². The minimum absolute atomic E-state index is 0.292. The zero-order chi connectivity index (χ0) is 17.5. The van der Waals surface area contributed by atoms with Crippen molar-refractivity contribution in [3.05, 3.63) is 77.9 Å². The number of hydrogen-bond acceptors (Lipinski definition) is 3. The van der Waals surface area contributed by atoms with Gasteiger partial charge in [0, 0.05) is 17.2 Å². The molecule has 3 heteroatoms. The molecule has 25 heavy (non-hydrogen) atoms. The highest BCUT2D eigenvalue weighted by Crippen LogP contribution is 2.25. The maximum absolute atomic E-state index is 10.4. The van der Waals surface area contributed by atoms with Gasteiger partial charge in [-0.25, -0.2) is 0 Å². The number of fused-ring (bicyclic) bond motifs is 1. The van der Waals surface area contributed by atoms with E-state index >= 15 is 0 Å². The second-order valence-corrected chi connectivity index (χ2v) is 7.40. The van der Waals surface area contributed by atoms with E-state index in [-0.39, 0.29) is 6.10 Å². The van der Waals surface area contributed by atoms with Gasteiger partial charge in [0.2, 0.25) is 0 Å². The van der Waals surface area contributed by atoms with Gasteiger partial charge in [0.25, 0.3) is 0 Å². The second-order valence-electron chi connectivity index (χ2n) is 6.31. The van der Waals surface area contributed by atoms with Crippen molar-refractivity contribution < 1.29 is 5.11 Å². The van der Waals surface area contributed by atoms with E-state index in [9.17, 15) is 5.11 Å².